The van der Waals surface area contributed by atoms with Gasteiger partial charge in [0.2, 0.25) is 0 Å². The van der Waals surface area contributed by atoms with Crippen molar-refractivity contribution in [3.8, 4) is 16.9 Å². The van der Waals surface area contributed by atoms with Crippen LogP contribution in [0.4, 0.5) is 5.82 Å². The number of hydrogen-bond acceptors (Lipinski definition) is 5. The normalized spacial score (nSPS) is 10.6. The molecule has 1 aromatic carbocycles. The van der Waals surface area contributed by atoms with E-state index in [1.54, 1.807) is 7.11 Å². The molecule has 0 amide bonds. The van der Waals surface area contributed by atoms with Crippen molar-refractivity contribution >= 4 is 5.82 Å². The Hall–Kier alpha value is -2.01. The molecule has 0 aliphatic rings. The van der Waals surface area contributed by atoms with Crippen LogP contribution in [0.5, 0.6) is 5.75 Å². The number of methoxy groups -OCH3 is 1. The highest BCUT2D eigenvalue weighted by molar-refractivity contribution is 5.75. The molecule has 2 aromatic rings. The maximum absolute atomic E-state index is 5.86. The van der Waals surface area contributed by atoms with E-state index in [1.165, 1.54) is 0 Å². The number of rotatable bonds is 6. The first-order chi connectivity index (χ1) is 9.26. The van der Waals surface area contributed by atoms with Gasteiger partial charge in [-0.3, -0.25) is 0 Å². The number of nitrogen functional groups attached to an aromatic ring is 1. The van der Waals surface area contributed by atoms with Gasteiger partial charge in [-0.2, -0.15) is 0 Å². The Morgan fingerprint density at radius 2 is 2.00 bits per heavy atom. The number of ether oxygens (including phenoxy) is 2. The van der Waals surface area contributed by atoms with Gasteiger partial charge in [0.25, 0.3) is 0 Å². The first kappa shape index (κ1) is 13.4. The Kier molecular flexibility index (Phi) is 4.41. The molecule has 1 heterocycles. The van der Waals surface area contributed by atoms with Gasteiger partial charge >= 0.3 is 0 Å². The number of aromatic nitrogens is 1. The molecule has 0 atom stereocenters. The Balaban J connectivity index is 2.27. The fraction of sp³-hybridized carbons (Fsp3) is 0.357. The number of benzene rings is 1. The molecule has 0 aliphatic heterocycles. The van der Waals surface area contributed by atoms with Crippen LogP contribution in [0, 0.1) is 0 Å². The fourth-order valence-corrected chi connectivity index (χ4v) is 1.90. The third kappa shape index (κ3) is 3.06. The van der Waals surface area contributed by atoms with Gasteiger partial charge in [-0.15, -0.1) is 0 Å². The van der Waals surface area contributed by atoms with Gasteiger partial charge in [-0.25, -0.2) is 0 Å². The summed E-state index contributed by atoms with van der Waals surface area (Å²) < 4.78 is 15.7. The maximum atomic E-state index is 5.86. The lowest BCUT2D eigenvalue weighted by Crippen LogP contribution is -1.96. The van der Waals surface area contributed by atoms with Gasteiger partial charge in [0.05, 0.1) is 18.8 Å². The third-order valence-electron chi connectivity index (χ3n) is 2.78. The molecular formula is C14H18N2O3. The highest BCUT2D eigenvalue weighted by atomic mass is 16.5. The zero-order chi connectivity index (χ0) is 13.7. The molecule has 2 N–H and O–H groups in total. The molecule has 0 saturated carbocycles. The van der Waals surface area contributed by atoms with Gasteiger partial charge in [-0.05, 0) is 24.6 Å². The SMILES string of the molecule is CCOc1ccc(-c2c(N)noc2CCOC)cc1. The van der Waals surface area contributed by atoms with E-state index >= 15 is 0 Å². The maximum Gasteiger partial charge on any atom is 0.175 e. The predicted octanol–water partition coefficient (Wildman–Crippen LogP) is 2.51. The van der Waals surface area contributed by atoms with Gasteiger partial charge < -0.3 is 19.7 Å². The molecule has 0 spiro atoms. The average molecular weight is 262 g/mol. The molecule has 2 rings (SSSR count). The molecule has 0 unspecified atom stereocenters. The van der Waals surface area contributed by atoms with Crippen LogP contribution in [-0.2, 0) is 11.2 Å². The molecule has 19 heavy (non-hydrogen) atoms. The minimum atomic E-state index is 0.398. The second-order valence-electron chi connectivity index (χ2n) is 4.07. The van der Waals surface area contributed by atoms with Crippen LogP contribution in [0.3, 0.4) is 0 Å². The van der Waals surface area contributed by atoms with Gasteiger partial charge in [-0.1, -0.05) is 17.3 Å². The zero-order valence-electron chi connectivity index (χ0n) is 11.2. The minimum Gasteiger partial charge on any atom is -0.494 e. The average Bonchev–Trinajstić information content (AvgIpc) is 2.79. The van der Waals surface area contributed by atoms with E-state index in [1.807, 2.05) is 31.2 Å². The molecule has 5 heteroatoms. The predicted molar refractivity (Wildman–Crippen MR) is 73.1 cm³/mol. The van der Waals surface area contributed by atoms with Gasteiger partial charge in [0.1, 0.15) is 11.5 Å². The Morgan fingerprint density at radius 1 is 1.26 bits per heavy atom. The van der Waals surface area contributed by atoms with Crippen molar-refractivity contribution < 1.29 is 14.0 Å². The fourth-order valence-electron chi connectivity index (χ4n) is 1.90. The monoisotopic (exact) mass is 262 g/mol. The summed E-state index contributed by atoms with van der Waals surface area (Å²) in [6.45, 7) is 3.17. The second kappa shape index (κ2) is 6.24. The Morgan fingerprint density at radius 3 is 2.63 bits per heavy atom. The van der Waals surface area contributed by atoms with Crippen molar-refractivity contribution in [2.45, 2.75) is 13.3 Å². The van der Waals surface area contributed by atoms with Crippen LogP contribution in [0.1, 0.15) is 12.7 Å². The van der Waals surface area contributed by atoms with Crippen molar-refractivity contribution in [3.05, 3.63) is 30.0 Å². The smallest absolute Gasteiger partial charge is 0.175 e. The number of nitrogens with zero attached hydrogens (tertiary/aromatic N) is 1. The third-order valence-corrected chi connectivity index (χ3v) is 2.78. The summed E-state index contributed by atoms with van der Waals surface area (Å²) in [6, 6.07) is 7.71. The molecule has 1 aromatic heterocycles. The van der Waals surface area contributed by atoms with E-state index < -0.39 is 0 Å². The largest absolute Gasteiger partial charge is 0.494 e. The summed E-state index contributed by atoms with van der Waals surface area (Å²) in [6.07, 6.45) is 0.642. The minimum absolute atomic E-state index is 0.398. The summed E-state index contributed by atoms with van der Waals surface area (Å²) in [5.74, 6) is 1.97. The molecule has 0 bridgehead atoms. The molecular weight excluding hydrogens is 244 g/mol. The van der Waals surface area contributed by atoms with Gasteiger partial charge in [0, 0.05) is 13.5 Å². The lowest BCUT2D eigenvalue weighted by molar-refractivity contribution is 0.193. The standard InChI is InChI=1S/C14H18N2O3/c1-3-18-11-6-4-10(5-7-11)13-12(8-9-17-2)19-16-14(13)15/h4-7H,3,8-9H2,1-2H3,(H2,15,16). The quantitative estimate of drug-likeness (QED) is 0.866. The van der Waals surface area contributed by atoms with E-state index in [2.05, 4.69) is 5.16 Å². The van der Waals surface area contributed by atoms with Crippen LogP contribution < -0.4 is 10.5 Å². The van der Waals surface area contributed by atoms with Gasteiger partial charge in [0.15, 0.2) is 5.82 Å². The van der Waals surface area contributed by atoms with E-state index in [4.69, 9.17) is 19.7 Å². The van der Waals surface area contributed by atoms with Crippen LogP contribution in [0.15, 0.2) is 28.8 Å². The lowest BCUT2D eigenvalue weighted by atomic mass is 10.0. The molecule has 0 aliphatic carbocycles. The molecule has 0 fully saturated rings. The van der Waals surface area contributed by atoms with Crippen LogP contribution in [-0.4, -0.2) is 25.5 Å². The molecule has 0 radical (unpaired) electrons. The molecule has 0 saturated heterocycles. The van der Waals surface area contributed by atoms with Crippen molar-refractivity contribution in [1.29, 1.82) is 0 Å². The van der Waals surface area contributed by atoms with Crippen molar-refractivity contribution in [3.63, 3.8) is 0 Å². The molecule has 5 nitrogen and oxygen atoms in total. The molecule has 102 valence electrons. The summed E-state index contributed by atoms with van der Waals surface area (Å²) >= 11 is 0. The Labute approximate surface area is 112 Å². The first-order valence-electron chi connectivity index (χ1n) is 6.22. The van der Waals surface area contributed by atoms with Crippen LogP contribution >= 0.6 is 0 Å². The number of anilines is 1. The van der Waals surface area contributed by atoms with Crippen molar-refractivity contribution in [2.24, 2.45) is 0 Å². The number of nitrogens with two attached hydrogens (primary N) is 1. The highest BCUT2D eigenvalue weighted by Gasteiger charge is 2.15. The lowest BCUT2D eigenvalue weighted by Gasteiger charge is -2.05. The highest BCUT2D eigenvalue weighted by Crippen LogP contribution is 2.31. The van der Waals surface area contributed by atoms with Crippen LogP contribution in [0.25, 0.3) is 11.1 Å². The summed E-state index contributed by atoms with van der Waals surface area (Å²) in [4.78, 5) is 0. The van der Waals surface area contributed by atoms with E-state index in [9.17, 15) is 0 Å². The first-order valence-corrected chi connectivity index (χ1v) is 6.22. The Bertz CT molecular complexity index is 520. The van der Waals surface area contributed by atoms with E-state index in [-0.39, 0.29) is 0 Å². The van der Waals surface area contributed by atoms with Crippen molar-refractivity contribution in [2.75, 3.05) is 26.1 Å². The summed E-state index contributed by atoms with van der Waals surface area (Å²) in [5, 5.41) is 3.82. The van der Waals surface area contributed by atoms with E-state index in [0.29, 0.717) is 25.5 Å². The summed E-state index contributed by atoms with van der Waals surface area (Å²) in [7, 11) is 1.65. The zero-order valence-corrected chi connectivity index (χ0v) is 11.2. The van der Waals surface area contributed by atoms with E-state index in [0.717, 1.165) is 22.6 Å². The van der Waals surface area contributed by atoms with Crippen LogP contribution in [0.2, 0.25) is 0 Å². The number of hydrogen-bond donors (Lipinski definition) is 1. The topological polar surface area (TPSA) is 70.5 Å². The van der Waals surface area contributed by atoms with Crippen molar-refractivity contribution in [1.82, 2.24) is 5.16 Å². The summed E-state index contributed by atoms with van der Waals surface area (Å²) in [5.41, 5.74) is 7.66. The second-order valence-corrected chi connectivity index (χ2v) is 4.07.